The van der Waals surface area contributed by atoms with Gasteiger partial charge in [0.1, 0.15) is 6.10 Å². The van der Waals surface area contributed by atoms with Crippen LogP contribution in [0.5, 0.6) is 0 Å². The molecule has 0 spiro atoms. The summed E-state index contributed by atoms with van der Waals surface area (Å²) in [6.45, 7) is 11.4. The van der Waals surface area contributed by atoms with Crippen molar-refractivity contribution < 1.29 is 19.4 Å². The number of ether oxygens (including phenoxy) is 1. The molecule has 0 aromatic carbocycles. The van der Waals surface area contributed by atoms with E-state index in [9.17, 15) is 9.59 Å². The summed E-state index contributed by atoms with van der Waals surface area (Å²) in [5, 5.41) is 7.60. The van der Waals surface area contributed by atoms with Gasteiger partial charge >= 0.3 is 11.9 Å². The van der Waals surface area contributed by atoms with Crippen molar-refractivity contribution >= 4 is 11.9 Å². The van der Waals surface area contributed by atoms with E-state index in [1.807, 2.05) is 0 Å². The van der Waals surface area contributed by atoms with Crippen LogP contribution in [0, 0.1) is 16.7 Å². The van der Waals surface area contributed by atoms with E-state index in [4.69, 9.17) is 9.84 Å². The predicted molar refractivity (Wildman–Crippen MR) is 72.6 cm³/mol. The van der Waals surface area contributed by atoms with Crippen molar-refractivity contribution in [3.63, 3.8) is 0 Å². The van der Waals surface area contributed by atoms with Crippen molar-refractivity contribution in [2.45, 2.75) is 53.1 Å². The Bertz CT molecular complexity index is 386. The number of carboxylic acids is 1. The van der Waals surface area contributed by atoms with Gasteiger partial charge in [0, 0.05) is 18.4 Å². The Labute approximate surface area is 114 Å². The highest BCUT2D eigenvalue weighted by Gasteiger charge is 2.62. The monoisotopic (exact) mass is 268 g/mol. The molecule has 0 aromatic heterocycles. The number of carbonyl (C=O) groups excluding carboxylic acids is 1. The summed E-state index contributed by atoms with van der Waals surface area (Å²) in [5.74, 6) is -0.360. The largest absolute Gasteiger partial charge is 0.478 e. The lowest BCUT2D eigenvalue weighted by molar-refractivity contribution is -0.154. The number of aliphatic carboxylic acids is 1. The molecule has 0 saturated heterocycles. The molecule has 3 atom stereocenters. The van der Waals surface area contributed by atoms with E-state index >= 15 is 0 Å². The topological polar surface area (TPSA) is 63.6 Å². The fraction of sp³-hybridized carbons (Fsp3) is 0.733. The van der Waals surface area contributed by atoms with Gasteiger partial charge in [-0.25, -0.2) is 4.79 Å². The van der Waals surface area contributed by atoms with Crippen LogP contribution in [0.25, 0.3) is 0 Å². The molecule has 2 bridgehead atoms. The van der Waals surface area contributed by atoms with Gasteiger partial charge in [-0.15, -0.1) is 0 Å². The summed E-state index contributed by atoms with van der Waals surface area (Å²) in [4.78, 5) is 20.3. The molecule has 2 rings (SSSR count). The molecule has 4 nitrogen and oxygen atoms in total. The van der Waals surface area contributed by atoms with Crippen molar-refractivity contribution in [3.8, 4) is 0 Å². The van der Waals surface area contributed by atoms with Crippen molar-refractivity contribution in [1.29, 1.82) is 0 Å². The molecular formula is C15H24O4. The van der Waals surface area contributed by atoms with Gasteiger partial charge in [-0.2, -0.15) is 0 Å². The quantitative estimate of drug-likeness (QED) is 0.617. The van der Waals surface area contributed by atoms with Crippen LogP contribution in [0.15, 0.2) is 12.7 Å². The second-order valence-electron chi connectivity index (χ2n) is 6.25. The zero-order chi connectivity index (χ0) is 14.8. The standard InChI is InChI=1S/C12H20O2.C3H4O2/c1-8(13)14-10-7-9-5-6-12(10,4)11(9,2)3;1-2-3(4)5/h9-10H,5-7H2,1-4H3;2H,1H2,(H,4,5). The summed E-state index contributed by atoms with van der Waals surface area (Å²) in [5.41, 5.74) is 0.552. The van der Waals surface area contributed by atoms with E-state index in [2.05, 4.69) is 27.4 Å². The van der Waals surface area contributed by atoms with Gasteiger partial charge in [-0.1, -0.05) is 27.4 Å². The highest BCUT2D eigenvalue weighted by Crippen LogP contribution is 2.66. The van der Waals surface area contributed by atoms with Crippen LogP contribution in [0.1, 0.15) is 47.0 Å². The first-order valence-corrected chi connectivity index (χ1v) is 6.67. The van der Waals surface area contributed by atoms with E-state index in [-0.39, 0.29) is 17.5 Å². The molecule has 0 aromatic rings. The van der Waals surface area contributed by atoms with Crippen LogP contribution < -0.4 is 0 Å². The fourth-order valence-corrected chi connectivity index (χ4v) is 3.51. The number of carbonyl (C=O) groups is 2. The second-order valence-corrected chi connectivity index (χ2v) is 6.25. The molecule has 3 unspecified atom stereocenters. The molecule has 0 heterocycles. The van der Waals surface area contributed by atoms with E-state index in [0.29, 0.717) is 5.41 Å². The summed E-state index contributed by atoms with van der Waals surface area (Å²) in [6.07, 6.45) is 4.58. The smallest absolute Gasteiger partial charge is 0.327 e. The third-order valence-electron chi connectivity index (χ3n) is 5.20. The zero-order valence-electron chi connectivity index (χ0n) is 12.2. The van der Waals surface area contributed by atoms with E-state index in [0.717, 1.165) is 18.4 Å². The first-order valence-electron chi connectivity index (χ1n) is 6.67. The lowest BCUT2D eigenvalue weighted by Crippen LogP contribution is -2.37. The van der Waals surface area contributed by atoms with E-state index < -0.39 is 5.97 Å². The molecule has 2 saturated carbocycles. The first-order chi connectivity index (χ1) is 8.65. The van der Waals surface area contributed by atoms with E-state index in [1.54, 1.807) is 0 Å². The summed E-state index contributed by atoms with van der Waals surface area (Å²) >= 11 is 0. The van der Waals surface area contributed by atoms with Crippen LogP contribution in [0.2, 0.25) is 0 Å². The maximum absolute atomic E-state index is 11.0. The Hall–Kier alpha value is -1.32. The second kappa shape index (κ2) is 5.35. The van der Waals surface area contributed by atoms with Crippen molar-refractivity contribution in [2.75, 3.05) is 0 Å². The Morgan fingerprint density at radius 2 is 1.89 bits per heavy atom. The van der Waals surface area contributed by atoms with Gasteiger partial charge in [0.15, 0.2) is 0 Å². The molecule has 0 aliphatic heterocycles. The third-order valence-corrected chi connectivity index (χ3v) is 5.20. The van der Waals surface area contributed by atoms with Crippen molar-refractivity contribution in [2.24, 2.45) is 16.7 Å². The van der Waals surface area contributed by atoms with Gasteiger partial charge in [-0.05, 0) is 30.6 Å². The number of fused-ring (bicyclic) bond motifs is 2. The molecule has 19 heavy (non-hydrogen) atoms. The molecule has 108 valence electrons. The summed E-state index contributed by atoms with van der Waals surface area (Å²) in [7, 11) is 0. The number of hydrogen-bond acceptors (Lipinski definition) is 3. The Balaban J connectivity index is 0.000000312. The van der Waals surface area contributed by atoms with Crippen LogP contribution in [-0.4, -0.2) is 23.1 Å². The minimum Gasteiger partial charge on any atom is -0.478 e. The third kappa shape index (κ3) is 2.82. The normalized spacial score (nSPS) is 34.1. The van der Waals surface area contributed by atoms with Gasteiger partial charge in [0.25, 0.3) is 0 Å². The fourth-order valence-electron chi connectivity index (χ4n) is 3.51. The Kier molecular flexibility index (Phi) is 4.43. The zero-order valence-corrected chi connectivity index (χ0v) is 12.2. The predicted octanol–water partition coefficient (Wildman–Crippen LogP) is 3.02. The van der Waals surface area contributed by atoms with Gasteiger partial charge < -0.3 is 9.84 Å². The SMILES string of the molecule is C=CC(=O)O.CC(=O)OC1CC2CCC1(C)C2(C)C. The Morgan fingerprint density at radius 1 is 1.37 bits per heavy atom. The van der Waals surface area contributed by atoms with Crippen molar-refractivity contribution in [1.82, 2.24) is 0 Å². The molecule has 2 fully saturated rings. The van der Waals surface area contributed by atoms with Gasteiger partial charge in [0.2, 0.25) is 0 Å². The van der Waals surface area contributed by atoms with Crippen LogP contribution in [-0.2, 0) is 14.3 Å². The lowest BCUT2D eigenvalue weighted by Gasteiger charge is -2.38. The number of hydrogen-bond donors (Lipinski definition) is 1. The maximum Gasteiger partial charge on any atom is 0.327 e. The van der Waals surface area contributed by atoms with Crippen molar-refractivity contribution in [3.05, 3.63) is 12.7 Å². The molecule has 2 aliphatic rings. The maximum atomic E-state index is 11.0. The average molecular weight is 268 g/mol. The highest BCUT2D eigenvalue weighted by atomic mass is 16.5. The first kappa shape index (κ1) is 15.7. The average Bonchev–Trinajstić information content (AvgIpc) is 2.62. The molecule has 1 N–H and O–H groups in total. The molecule has 2 aliphatic carbocycles. The highest BCUT2D eigenvalue weighted by molar-refractivity contribution is 5.78. The molecular weight excluding hydrogens is 244 g/mol. The lowest BCUT2D eigenvalue weighted by atomic mass is 9.70. The molecule has 4 heteroatoms. The number of carboxylic acid groups (broad SMARTS) is 1. The minimum atomic E-state index is -0.981. The Morgan fingerprint density at radius 3 is 2.16 bits per heavy atom. The molecule has 0 radical (unpaired) electrons. The van der Waals surface area contributed by atoms with Crippen LogP contribution in [0.4, 0.5) is 0 Å². The summed E-state index contributed by atoms with van der Waals surface area (Å²) in [6, 6.07) is 0. The van der Waals surface area contributed by atoms with Crippen LogP contribution in [0.3, 0.4) is 0 Å². The number of rotatable bonds is 2. The number of esters is 1. The molecule has 0 amide bonds. The van der Waals surface area contributed by atoms with Crippen LogP contribution >= 0.6 is 0 Å². The van der Waals surface area contributed by atoms with Gasteiger partial charge in [-0.3, -0.25) is 4.79 Å². The van der Waals surface area contributed by atoms with E-state index in [1.165, 1.54) is 19.8 Å². The summed E-state index contributed by atoms with van der Waals surface area (Å²) < 4.78 is 5.44. The minimum absolute atomic E-state index is 0.125. The van der Waals surface area contributed by atoms with Gasteiger partial charge in [0.05, 0.1) is 0 Å².